The second-order valence-corrected chi connectivity index (χ2v) is 5.21. The lowest BCUT2D eigenvalue weighted by Crippen LogP contribution is -2.01. The zero-order chi connectivity index (χ0) is 13.1. The van der Waals surface area contributed by atoms with E-state index >= 15 is 0 Å². The third-order valence-corrected chi connectivity index (χ3v) is 3.78. The van der Waals surface area contributed by atoms with Crippen molar-refractivity contribution >= 4 is 44.8 Å². The van der Waals surface area contributed by atoms with E-state index in [-0.39, 0.29) is 5.82 Å². The van der Waals surface area contributed by atoms with Crippen LogP contribution in [-0.2, 0) is 6.54 Å². The van der Waals surface area contributed by atoms with Crippen LogP contribution >= 0.6 is 39.1 Å². The molecule has 1 heterocycles. The molecule has 0 spiro atoms. The molecule has 1 N–H and O–H groups in total. The van der Waals surface area contributed by atoms with Gasteiger partial charge in [-0.3, -0.25) is 0 Å². The molecule has 0 fully saturated rings. The fourth-order valence-corrected chi connectivity index (χ4v) is 2.07. The van der Waals surface area contributed by atoms with E-state index in [1.165, 1.54) is 12.1 Å². The molecule has 0 saturated carbocycles. The number of pyridine rings is 1. The van der Waals surface area contributed by atoms with Gasteiger partial charge < -0.3 is 5.32 Å². The first-order valence-electron chi connectivity index (χ1n) is 5.05. The lowest BCUT2D eigenvalue weighted by Gasteiger charge is -2.08. The van der Waals surface area contributed by atoms with Crippen LogP contribution < -0.4 is 5.32 Å². The normalized spacial score (nSPS) is 10.4. The predicted molar refractivity (Wildman–Crippen MR) is 75.7 cm³/mol. The van der Waals surface area contributed by atoms with Crippen molar-refractivity contribution in [2.75, 3.05) is 5.32 Å². The molecule has 0 aliphatic heterocycles. The van der Waals surface area contributed by atoms with Crippen molar-refractivity contribution < 1.29 is 4.39 Å². The number of nitrogens with one attached hydrogen (secondary N) is 1. The highest BCUT2D eigenvalue weighted by molar-refractivity contribution is 9.10. The Labute approximate surface area is 122 Å². The van der Waals surface area contributed by atoms with Gasteiger partial charge in [0.2, 0.25) is 0 Å². The number of hydrogen-bond donors (Lipinski definition) is 1. The molecular formula is C12H8BrCl2FN2. The van der Waals surface area contributed by atoms with Gasteiger partial charge >= 0.3 is 0 Å². The van der Waals surface area contributed by atoms with Gasteiger partial charge in [0.05, 0.1) is 16.4 Å². The smallest absolute Gasteiger partial charge is 0.143 e. The van der Waals surface area contributed by atoms with Crippen LogP contribution in [0.4, 0.5) is 10.1 Å². The summed E-state index contributed by atoms with van der Waals surface area (Å²) in [6, 6.07) is 6.11. The molecule has 0 radical (unpaired) electrons. The van der Waals surface area contributed by atoms with Crippen molar-refractivity contribution in [3.63, 3.8) is 0 Å². The Morgan fingerprint density at radius 1 is 1.28 bits per heavy atom. The van der Waals surface area contributed by atoms with Crippen LogP contribution in [0.25, 0.3) is 0 Å². The first-order chi connectivity index (χ1) is 8.56. The van der Waals surface area contributed by atoms with Crippen molar-refractivity contribution in [1.82, 2.24) is 4.98 Å². The Morgan fingerprint density at radius 2 is 2.06 bits per heavy atom. The van der Waals surface area contributed by atoms with E-state index in [0.717, 1.165) is 11.3 Å². The van der Waals surface area contributed by atoms with Crippen molar-refractivity contribution in [3.8, 4) is 0 Å². The largest absolute Gasteiger partial charge is 0.380 e. The molecule has 0 saturated heterocycles. The minimum absolute atomic E-state index is 0.348. The van der Waals surface area contributed by atoms with E-state index in [2.05, 4.69) is 26.2 Å². The second kappa shape index (κ2) is 5.87. The van der Waals surface area contributed by atoms with Gasteiger partial charge in [0.1, 0.15) is 11.0 Å². The van der Waals surface area contributed by atoms with E-state index in [1.54, 1.807) is 12.3 Å². The van der Waals surface area contributed by atoms with Gasteiger partial charge in [0.15, 0.2) is 0 Å². The van der Waals surface area contributed by atoms with Crippen LogP contribution in [0.5, 0.6) is 0 Å². The number of rotatable bonds is 3. The molecule has 2 aromatic rings. The van der Waals surface area contributed by atoms with Gasteiger partial charge in [0, 0.05) is 11.6 Å². The Bertz CT molecular complexity index is 578. The van der Waals surface area contributed by atoms with Gasteiger partial charge in [0.25, 0.3) is 0 Å². The van der Waals surface area contributed by atoms with E-state index in [9.17, 15) is 4.39 Å². The minimum atomic E-state index is -0.348. The Morgan fingerprint density at radius 3 is 2.72 bits per heavy atom. The van der Waals surface area contributed by atoms with Gasteiger partial charge in [-0.1, -0.05) is 29.3 Å². The average molecular weight is 350 g/mol. The number of hydrogen-bond acceptors (Lipinski definition) is 2. The van der Waals surface area contributed by atoms with Crippen LogP contribution in [0.15, 0.2) is 34.9 Å². The summed E-state index contributed by atoms with van der Waals surface area (Å²) < 4.78 is 13.6. The predicted octanol–water partition coefficient (Wildman–Crippen LogP) is 4.90. The summed E-state index contributed by atoms with van der Waals surface area (Å²) in [5.74, 6) is -0.348. The summed E-state index contributed by atoms with van der Waals surface area (Å²) in [5.41, 5.74) is 1.61. The molecule has 1 aromatic heterocycles. The van der Waals surface area contributed by atoms with Crippen LogP contribution in [-0.4, -0.2) is 4.98 Å². The zero-order valence-corrected chi connectivity index (χ0v) is 12.2. The van der Waals surface area contributed by atoms with E-state index < -0.39 is 0 Å². The summed E-state index contributed by atoms with van der Waals surface area (Å²) in [5, 5.41) is 3.93. The monoisotopic (exact) mass is 348 g/mol. The minimum Gasteiger partial charge on any atom is -0.380 e. The van der Waals surface area contributed by atoms with Gasteiger partial charge in [-0.2, -0.15) is 0 Å². The van der Waals surface area contributed by atoms with Crippen molar-refractivity contribution in [1.29, 1.82) is 0 Å². The molecule has 0 amide bonds. The highest BCUT2D eigenvalue weighted by Gasteiger charge is 2.03. The Hall–Kier alpha value is -0.840. The number of nitrogens with zero attached hydrogens (tertiary/aromatic N) is 1. The number of halogens is 4. The molecule has 0 unspecified atom stereocenters. The second-order valence-electron chi connectivity index (χ2n) is 3.59. The molecule has 0 aliphatic carbocycles. The van der Waals surface area contributed by atoms with Crippen molar-refractivity contribution in [2.45, 2.75) is 6.54 Å². The first-order valence-corrected chi connectivity index (χ1v) is 6.60. The SMILES string of the molecule is Fc1ccc(CNc2cnc(Cl)c(Br)c2)c(Cl)c1. The fourth-order valence-electron chi connectivity index (χ4n) is 1.38. The molecule has 94 valence electrons. The summed E-state index contributed by atoms with van der Waals surface area (Å²) in [4.78, 5) is 3.99. The van der Waals surface area contributed by atoms with Crippen molar-refractivity contribution in [3.05, 3.63) is 56.5 Å². The van der Waals surface area contributed by atoms with Crippen LogP contribution in [0.3, 0.4) is 0 Å². The molecular weight excluding hydrogens is 342 g/mol. The summed E-state index contributed by atoms with van der Waals surface area (Å²) in [7, 11) is 0. The zero-order valence-electron chi connectivity index (χ0n) is 9.05. The topological polar surface area (TPSA) is 24.9 Å². The van der Waals surface area contributed by atoms with Crippen LogP contribution in [0.2, 0.25) is 10.2 Å². The third kappa shape index (κ3) is 3.34. The lowest BCUT2D eigenvalue weighted by molar-refractivity contribution is 0.627. The third-order valence-electron chi connectivity index (χ3n) is 2.29. The molecule has 1 aromatic carbocycles. The maximum atomic E-state index is 12.9. The van der Waals surface area contributed by atoms with Crippen molar-refractivity contribution in [2.24, 2.45) is 0 Å². The Kier molecular flexibility index (Phi) is 4.43. The number of anilines is 1. The highest BCUT2D eigenvalue weighted by Crippen LogP contribution is 2.24. The number of benzene rings is 1. The average Bonchev–Trinajstić information content (AvgIpc) is 2.32. The Balaban J connectivity index is 2.09. The number of aromatic nitrogens is 1. The molecule has 2 nitrogen and oxygen atoms in total. The van der Waals surface area contributed by atoms with Gasteiger partial charge in [-0.15, -0.1) is 0 Å². The van der Waals surface area contributed by atoms with E-state index in [0.29, 0.717) is 21.2 Å². The molecule has 6 heteroatoms. The molecule has 0 bridgehead atoms. The van der Waals surface area contributed by atoms with Gasteiger partial charge in [-0.05, 0) is 39.7 Å². The van der Waals surface area contributed by atoms with Gasteiger partial charge in [-0.25, -0.2) is 9.37 Å². The standard InChI is InChI=1S/C12H8BrCl2FN2/c13-10-4-9(6-18-12(10)15)17-5-7-1-2-8(16)3-11(7)14/h1-4,6,17H,5H2. The maximum Gasteiger partial charge on any atom is 0.143 e. The van der Waals surface area contributed by atoms with E-state index in [1.807, 2.05) is 6.07 Å². The fraction of sp³-hybridized carbons (Fsp3) is 0.0833. The molecule has 0 atom stereocenters. The molecule has 2 rings (SSSR count). The van der Waals surface area contributed by atoms with Crippen LogP contribution in [0, 0.1) is 5.82 Å². The molecule has 0 aliphatic rings. The van der Waals surface area contributed by atoms with Crippen LogP contribution in [0.1, 0.15) is 5.56 Å². The summed E-state index contributed by atoms with van der Waals surface area (Å²) >= 11 is 15.0. The maximum absolute atomic E-state index is 12.9. The molecule has 18 heavy (non-hydrogen) atoms. The summed E-state index contributed by atoms with van der Waals surface area (Å²) in [6.45, 7) is 0.481. The quantitative estimate of drug-likeness (QED) is 0.797. The highest BCUT2D eigenvalue weighted by atomic mass is 79.9. The lowest BCUT2D eigenvalue weighted by atomic mass is 10.2. The summed E-state index contributed by atoms with van der Waals surface area (Å²) in [6.07, 6.45) is 1.62. The van der Waals surface area contributed by atoms with E-state index in [4.69, 9.17) is 23.2 Å². The first kappa shape index (κ1) is 13.6.